The molecular formula is C13H19NO. The summed E-state index contributed by atoms with van der Waals surface area (Å²) < 4.78 is 0. The smallest absolute Gasteiger partial charge is 0.0917 e. The van der Waals surface area contributed by atoms with E-state index in [0.29, 0.717) is 0 Å². The Morgan fingerprint density at radius 3 is 2.80 bits per heavy atom. The Morgan fingerprint density at radius 1 is 1.40 bits per heavy atom. The predicted molar refractivity (Wildman–Crippen MR) is 63.0 cm³/mol. The Morgan fingerprint density at radius 2 is 2.13 bits per heavy atom. The molecule has 2 rings (SSSR count). The highest BCUT2D eigenvalue weighted by Gasteiger charge is 2.35. The molecule has 1 aromatic rings. The Balaban J connectivity index is 2.51. The van der Waals surface area contributed by atoms with Crippen molar-refractivity contribution in [2.45, 2.75) is 45.6 Å². The maximum atomic E-state index is 5.54. The van der Waals surface area contributed by atoms with Crippen molar-refractivity contribution in [3.8, 4) is 0 Å². The van der Waals surface area contributed by atoms with Crippen LogP contribution >= 0.6 is 0 Å². The third-order valence-corrected chi connectivity index (χ3v) is 3.55. The Bertz CT molecular complexity index is 371. The van der Waals surface area contributed by atoms with Gasteiger partial charge in [0, 0.05) is 5.41 Å². The molecule has 0 fully saturated rings. The van der Waals surface area contributed by atoms with Crippen LogP contribution in [0.5, 0.6) is 0 Å². The molecule has 1 atom stereocenters. The first-order chi connectivity index (χ1) is 7.05. The largest absolute Gasteiger partial charge is 0.272 e. The van der Waals surface area contributed by atoms with E-state index in [2.05, 4.69) is 51.4 Å². The van der Waals surface area contributed by atoms with Crippen LogP contribution in [0.3, 0.4) is 0 Å². The van der Waals surface area contributed by atoms with E-state index in [1.54, 1.807) is 0 Å². The number of hydrogen-bond acceptors (Lipinski definition) is 2. The second kappa shape index (κ2) is 3.53. The molecule has 1 aliphatic rings. The van der Waals surface area contributed by atoms with Gasteiger partial charge in [-0.3, -0.25) is 10.3 Å². The molecule has 0 amide bonds. The van der Waals surface area contributed by atoms with Gasteiger partial charge in [-0.05, 0) is 30.5 Å². The minimum atomic E-state index is 0.0752. The molecule has 0 saturated heterocycles. The van der Waals surface area contributed by atoms with Gasteiger partial charge in [0.15, 0.2) is 0 Å². The van der Waals surface area contributed by atoms with Crippen molar-refractivity contribution in [2.24, 2.45) is 0 Å². The number of hydrogen-bond donors (Lipinski definition) is 1. The fourth-order valence-corrected chi connectivity index (χ4v) is 1.95. The zero-order chi connectivity index (χ0) is 11.1. The maximum Gasteiger partial charge on any atom is 0.0917 e. The van der Waals surface area contributed by atoms with Gasteiger partial charge in [-0.1, -0.05) is 32.9 Å². The Kier molecular flexibility index (Phi) is 2.47. The van der Waals surface area contributed by atoms with Gasteiger partial charge in [0.1, 0.15) is 0 Å². The third kappa shape index (κ3) is 1.63. The first-order valence-electron chi connectivity index (χ1n) is 5.60. The van der Waals surface area contributed by atoms with Gasteiger partial charge < -0.3 is 0 Å². The van der Waals surface area contributed by atoms with E-state index < -0.39 is 0 Å². The van der Waals surface area contributed by atoms with Crippen LogP contribution in [0.1, 0.15) is 38.8 Å². The van der Waals surface area contributed by atoms with Gasteiger partial charge in [0.05, 0.1) is 11.8 Å². The summed E-state index contributed by atoms with van der Waals surface area (Å²) in [5, 5.41) is 0. The number of anilines is 1. The van der Waals surface area contributed by atoms with Crippen molar-refractivity contribution in [1.29, 1.82) is 0 Å². The summed E-state index contributed by atoms with van der Waals surface area (Å²) in [5.74, 6) is 0. The van der Waals surface area contributed by atoms with Crippen LogP contribution in [0, 0.1) is 0 Å². The highest BCUT2D eigenvalue weighted by atomic mass is 16.7. The molecule has 2 heteroatoms. The molecular weight excluding hydrogens is 186 g/mol. The van der Waals surface area contributed by atoms with E-state index in [9.17, 15) is 0 Å². The standard InChI is InChI=1S/C13H19NO/c1-5-10-6-7-12-11(8-10)13(3,4)9(2)15-14-12/h6-9,14H,5H2,1-4H3. The van der Waals surface area contributed by atoms with Crippen molar-refractivity contribution < 1.29 is 4.84 Å². The summed E-state index contributed by atoms with van der Waals surface area (Å²) in [6.45, 7) is 8.76. The summed E-state index contributed by atoms with van der Waals surface area (Å²) in [5.41, 5.74) is 6.95. The van der Waals surface area contributed by atoms with Crippen LogP contribution in [0.4, 0.5) is 5.69 Å². The number of benzene rings is 1. The average Bonchev–Trinajstić information content (AvgIpc) is 2.24. The van der Waals surface area contributed by atoms with Crippen LogP contribution in [0.25, 0.3) is 0 Å². The number of rotatable bonds is 1. The molecule has 2 nitrogen and oxygen atoms in total. The Hall–Kier alpha value is -1.02. The van der Waals surface area contributed by atoms with Gasteiger partial charge in [0.2, 0.25) is 0 Å². The molecule has 82 valence electrons. The number of fused-ring (bicyclic) bond motifs is 1. The lowest BCUT2D eigenvalue weighted by Gasteiger charge is -2.38. The molecule has 15 heavy (non-hydrogen) atoms. The quantitative estimate of drug-likeness (QED) is 0.759. The van der Waals surface area contributed by atoms with E-state index in [-0.39, 0.29) is 11.5 Å². The molecule has 0 spiro atoms. The SMILES string of the molecule is CCc1ccc2c(c1)C(C)(C)C(C)ON2. The molecule has 1 aromatic carbocycles. The molecule has 0 aliphatic carbocycles. The lowest BCUT2D eigenvalue weighted by Crippen LogP contribution is -2.39. The van der Waals surface area contributed by atoms with Gasteiger partial charge >= 0.3 is 0 Å². The summed E-state index contributed by atoms with van der Waals surface area (Å²) >= 11 is 0. The van der Waals surface area contributed by atoms with Crippen molar-refractivity contribution in [2.75, 3.05) is 5.48 Å². The zero-order valence-corrected chi connectivity index (χ0v) is 9.92. The van der Waals surface area contributed by atoms with Gasteiger partial charge in [-0.2, -0.15) is 0 Å². The summed E-state index contributed by atoms with van der Waals surface area (Å²) in [4.78, 5) is 5.54. The average molecular weight is 205 g/mol. The molecule has 0 radical (unpaired) electrons. The molecule has 0 saturated carbocycles. The van der Waals surface area contributed by atoms with Crippen molar-refractivity contribution in [3.63, 3.8) is 0 Å². The first kappa shape index (κ1) is 10.5. The minimum absolute atomic E-state index is 0.0752. The van der Waals surface area contributed by atoms with Crippen LogP contribution < -0.4 is 5.48 Å². The topological polar surface area (TPSA) is 21.3 Å². The van der Waals surface area contributed by atoms with Gasteiger partial charge in [-0.25, -0.2) is 0 Å². The number of aryl methyl sites for hydroxylation is 1. The van der Waals surface area contributed by atoms with E-state index >= 15 is 0 Å². The first-order valence-corrected chi connectivity index (χ1v) is 5.60. The fourth-order valence-electron chi connectivity index (χ4n) is 1.95. The molecule has 1 heterocycles. The predicted octanol–water partition coefficient (Wildman–Crippen LogP) is 3.27. The Labute approximate surface area is 91.6 Å². The maximum absolute atomic E-state index is 5.54. The normalized spacial score (nSPS) is 23.1. The van der Waals surface area contributed by atoms with Crippen LogP contribution in [-0.4, -0.2) is 6.10 Å². The molecule has 1 N–H and O–H groups in total. The minimum Gasteiger partial charge on any atom is -0.272 e. The molecule has 1 unspecified atom stereocenters. The summed E-state index contributed by atoms with van der Waals surface area (Å²) in [6.07, 6.45) is 1.27. The lowest BCUT2D eigenvalue weighted by atomic mass is 9.77. The van der Waals surface area contributed by atoms with Gasteiger partial charge in [-0.15, -0.1) is 0 Å². The highest BCUT2D eigenvalue weighted by molar-refractivity contribution is 5.56. The van der Waals surface area contributed by atoms with Crippen molar-refractivity contribution >= 4 is 5.69 Å². The van der Waals surface area contributed by atoms with Crippen molar-refractivity contribution in [3.05, 3.63) is 29.3 Å². The molecule has 0 bridgehead atoms. The van der Waals surface area contributed by atoms with E-state index in [1.165, 1.54) is 11.1 Å². The van der Waals surface area contributed by atoms with Gasteiger partial charge in [0.25, 0.3) is 0 Å². The summed E-state index contributed by atoms with van der Waals surface area (Å²) in [7, 11) is 0. The summed E-state index contributed by atoms with van der Waals surface area (Å²) in [6, 6.07) is 6.56. The third-order valence-electron chi connectivity index (χ3n) is 3.55. The van der Waals surface area contributed by atoms with Crippen LogP contribution in [0.15, 0.2) is 18.2 Å². The monoisotopic (exact) mass is 205 g/mol. The number of nitrogens with one attached hydrogen (secondary N) is 1. The molecule has 0 aromatic heterocycles. The zero-order valence-electron chi connectivity index (χ0n) is 9.92. The molecule has 1 aliphatic heterocycles. The van der Waals surface area contributed by atoms with E-state index in [4.69, 9.17) is 4.84 Å². The second-order valence-corrected chi connectivity index (χ2v) is 4.82. The van der Waals surface area contributed by atoms with Crippen LogP contribution in [-0.2, 0) is 16.7 Å². The lowest BCUT2D eigenvalue weighted by molar-refractivity contribution is 0.0461. The van der Waals surface area contributed by atoms with Crippen molar-refractivity contribution in [1.82, 2.24) is 0 Å². The van der Waals surface area contributed by atoms with E-state index in [1.807, 2.05) is 0 Å². The van der Waals surface area contributed by atoms with E-state index in [0.717, 1.165) is 12.1 Å². The second-order valence-electron chi connectivity index (χ2n) is 4.82. The fraction of sp³-hybridized carbons (Fsp3) is 0.538. The highest BCUT2D eigenvalue weighted by Crippen LogP contribution is 2.38. The van der Waals surface area contributed by atoms with Crippen LogP contribution in [0.2, 0.25) is 0 Å².